The Hall–Kier alpha value is -1.09. The van der Waals surface area contributed by atoms with Crippen molar-refractivity contribution in [3.05, 3.63) is 23.9 Å². The van der Waals surface area contributed by atoms with Crippen LogP contribution in [0.4, 0.5) is 5.82 Å². The van der Waals surface area contributed by atoms with E-state index in [4.69, 9.17) is 5.73 Å². The molecule has 0 aliphatic carbocycles. The average molecular weight is 207 g/mol. The Labute approximate surface area is 92.3 Å². The van der Waals surface area contributed by atoms with Gasteiger partial charge in [0, 0.05) is 25.8 Å². The molecule has 0 amide bonds. The molecule has 0 aromatic carbocycles. The van der Waals surface area contributed by atoms with Gasteiger partial charge < -0.3 is 10.6 Å². The van der Waals surface area contributed by atoms with E-state index in [1.165, 1.54) is 12.8 Å². The zero-order valence-electron chi connectivity index (χ0n) is 9.74. The normalized spacial score (nSPS) is 10.3. The summed E-state index contributed by atoms with van der Waals surface area (Å²) < 4.78 is 0. The molecule has 15 heavy (non-hydrogen) atoms. The maximum absolute atomic E-state index is 5.54. The van der Waals surface area contributed by atoms with Gasteiger partial charge in [-0.1, -0.05) is 19.4 Å². The maximum Gasteiger partial charge on any atom is 0.128 e. The predicted octanol–water partition coefficient (Wildman–Crippen LogP) is 2.17. The van der Waals surface area contributed by atoms with Gasteiger partial charge in [-0.15, -0.1) is 0 Å². The quantitative estimate of drug-likeness (QED) is 0.777. The van der Waals surface area contributed by atoms with Crippen LogP contribution in [0.3, 0.4) is 0 Å². The van der Waals surface area contributed by atoms with E-state index in [9.17, 15) is 0 Å². The molecule has 3 nitrogen and oxygen atoms in total. The largest absolute Gasteiger partial charge is 0.357 e. The zero-order valence-corrected chi connectivity index (χ0v) is 9.74. The van der Waals surface area contributed by atoms with Crippen LogP contribution in [0.1, 0.15) is 32.3 Å². The Morgan fingerprint density at radius 2 is 2.13 bits per heavy atom. The molecule has 0 saturated heterocycles. The molecule has 0 saturated carbocycles. The molecule has 0 unspecified atom stereocenters. The lowest BCUT2D eigenvalue weighted by Crippen LogP contribution is -2.24. The SMILES string of the molecule is CCCCN(CC)c1ccc(CN)cn1. The van der Waals surface area contributed by atoms with Gasteiger partial charge in [-0.2, -0.15) is 0 Å². The van der Waals surface area contributed by atoms with Gasteiger partial charge in [0.25, 0.3) is 0 Å². The number of aromatic nitrogens is 1. The molecular weight excluding hydrogens is 186 g/mol. The monoisotopic (exact) mass is 207 g/mol. The summed E-state index contributed by atoms with van der Waals surface area (Å²) >= 11 is 0. The van der Waals surface area contributed by atoms with E-state index in [1.54, 1.807) is 0 Å². The van der Waals surface area contributed by atoms with Gasteiger partial charge in [-0.05, 0) is 25.0 Å². The van der Waals surface area contributed by atoms with E-state index in [2.05, 4.69) is 35.9 Å². The minimum absolute atomic E-state index is 0.564. The first kappa shape index (κ1) is 12.0. The molecule has 0 aliphatic rings. The lowest BCUT2D eigenvalue weighted by molar-refractivity contribution is 0.723. The lowest BCUT2D eigenvalue weighted by Gasteiger charge is -2.21. The summed E-state index contributed by atoms with van der Waals surface area (Å²) in [5.74, 6) is 1.06. The van der Waals surface area contributed by atoms with Crippen molar-refractivity contribution in [1.82, 2.24) is 4.98 Å². The number of rotatable bonds is 6. The first-order chi connectivity index (χ1) is 7.31. The molecule has 0 spiro atoms. The summed E-state index contributed by atoms with van der Waals surface area (Å²) in [5, 5.41) is 0. The molecule has 1 heterocycles. The zero-order chi connectivity index (χ0) is 11.1. The van der Waals surface area contributed by atoms with Gasteiger partial charge in [-0.3, -0.25) is 0 Å². The number of hydrogen-bond donors (Lipinski definition) is 1. The van der Waals surface area contributed by atoms with Crippen molar-refractivity contribution in [2.24, 2.45) is 5.73 Å². The van der Waals surface area contributed by atoms with Gasteiger partial charge in [0.05, 0.1) is 0 Å². The Balaban J connectivity index is 2.65. The molecule has 3 heteroatoms. The molecule has 1 aromatic heterocycles. The molecule has 2 N–H and O–H groups in total. The van der Waals surface area contributed by atoms with Gasteiger partial charge in [0.2, 0.25) is 0 Å². The predicted molar refractivity (Wildman–Crippen MR) is 64.9 cm³/mol. The summed E-state index contributed by atoms with van der Waals surface area (Å²) in [6.45, 7) is 7.03. The van der Waals surface area contributed by atoms with Gasteiger partial charge in [-0.25, -0.2) is 4.98 Å². The summed E-state index contributed by atoms with van der Waals surface area (Å²) in [6, 6.07) is 4.11. The van der Waals surface area contributed by atoms with Crippen LogP contribution in [-0.2, 0) is 6.54 Å². The van der Waals surface area contributed by atoms with Gasteiger partial charge in [0.15, 0.2) is 0 Å². The fraction of sp³-hybridized carbons (Fsp3) is 0.583. The molecule has 0 bridgehead atoms. The number of unbranched alkanes of at least 4 members (excludes halogenated alkanes) is 1. The van der Waals surface area contributed by atoms with Crippen molar-refractivity contribution in [1.29, 1.82) is 0 Å². The topological polar surface area (TPSA) is 42.1 Å². The molecule has 84 valence electrons. The maximum atomic E-state index is 5.54. The highest BCUT2D eigenvalue weighted by molar-refractivity contribution is 5.38. The van der Waals surface area contributed by atoms with E-state index < -0.39 is 0 Å². The molecule has 1 rings (SSSR count). The summed E-state index contributed by atoms with van der Waals surface area (Å²) in [7, 11) is 0. The van der Waals surface area contributed by atoms with Crippen molar-refractivity contribution in [3.63, 3.8) is 0 Å². The Bertz CT molecular complexity index is 269. The highest BCUT2D eigenvalue weighted by atomic mass is 15.2. The van der Waals surface area contributed by atoms with Crippen molar-refractivity contribution in [2.45, 2.75) is 33.2 Å². The summed E-state index contributed by atoms with van der Waals surface area (Å²) in [4.78, 5) is 6.71. The molecule has 0 radical (unpaired) electrons. The lowest BCUT2D eigenvalue weighted by atomic mass is 10.2. The Morgan fingerprint density at radius 3 is 2.60 bits per heavy atom. The Morgan fingerprint density at radius 1 is 1.33 bits per heavy atom. The number of pyridine rings is 1. The van der Waals surface area contributed by atoms with Crippen LogP contribution in [0.5, 0.6) is 0 Å². The second-order valence-corrected chi connectivity index (χ2v) is 3.66. The van der Waals surface area contributed by atoms with Crippen molar-refractivity contribution >= 4 is 5.82 Å². The van der Waals surface area contributed by atoms with E-state index in [0.29, 0.717) is 6.54 Å². The van der Waals surface area contributed by atoms with Crippen molar-refractivity contribution < 1.29 is 0 Å². The van der Waals surface area contributed by atoms with Crippen molar-refractivity contribution in [3.8, 4) is 0 Å². The second kappa shape index (κ2) is 6.40. The molecule has 0 atom stereocenters. The number of nitrogens with zero attached hydrogens (tertiary/aromatic N) is 2. The smallest absolute Gasteiger partial charge is 0.128 e. The van der Waals surface area contributed by atoms with Crippen LogP contribution in [0.15, 0.2) is 18.3 Å². The van der Waals surface area contributed by atoms with Gasteiger partial charge in [0.1, 0.15) is 5.82 Å². The van der Waals surface area contributed by atoms with E-state index >= 15 is 0 Å². The number of anilines is 1. The molecule has 0 aliphatic heterocycles. The van der Waals surface area contributed by atoms with E-state index in [1.807, 2.05) is 6.20 Å². The number of hydrogen-bond acceptors (Lipinski definition) is 3. The average Bonchev–Trinajstić information content (AvgIpc) is 2.31. The third kappa shape index (κ3) is 3.51. The van der Waals surface area contributed by atoms with E-state index in [-0.39, 0.29) is 0 Å². The third-order valence-electron chi connectivity index (χ3n) is 2.53. The van der Waals surface area contributed by atoms with Gasteiger partial charge >= 0.3 is 0 Å². The highest BCUT2D eigenvalue weighted by Gasteiger charge is 2.04. The number of nitrogens with two attached hydrogens (primary N) is 1. The van der Waals surface area contributed by atoms with Crippen LogP contribution in [-0.4, -0.2) is 18.1 Å². The first-order valence-electron chi connectivity index (χ1n) is 5.71. The second-order valence-electron chi connectivity index (χ2n) is 3.66. The fourth-order valence-corrected chi connectivity index (χ4v) is 1.51. The van der Waals surface area contributed by atoms with Crippen LogP contribution >= 0.6 is 0 Å². The van der Waals surface area contributed by atoms with E-state index in [0.717, 1.165) is 24.5 Å². The molecule has 1 aromatic rings. The summed E-state index contributed by atoms with van der Waals surface area (Å²) in [5.41, 5.74) is 6.62. The Kier molecular flexibility index (Phi) is 5.12. The molecular formula is C12H21N3. The fourth-order valence-electron chi connectivity index (χ4n) is 1.51. The highest BCUT2D eigenvalue weighted by Crippen LogP contribution is 2.11. The minimum Gasteiger partial charge on any atom is -0.357 e. The summed E-state index contributed by atoms with van der Waals surface area (Å²) in [6.07, 6.45) is 4.30. The molecule has 0 fully saturated rings. The third-order valence-corrected chi connectivity index (χ3v) is 2.53. The van der Waals surface area contributed by atoms with Crippen LogP contribution in [0, 0.1) is 0 Å². The van der Waals surface area contributed by atoms with Crippen LogP contribution < -0.4 is 10.6 Å². The standard InChI is InChI=1S/C12H21N3/c1-3-5-8-15(4-2)12-7-6-11(9-13)10-14-12/h6-7,10H,3-5,8-9,13H2,1-2H3. The van der Waals surface area contributed by atoms with Crippen molar-refractivity contribution in [2.75, 3.05) is 18.0 Å². The first-order valence-corrected chi connectivity index (χ1v) is 5.71. The minimum atomic E-state index is 0.564. The van der Waals surface area contributed by atoms with Crippen LogP contribution in [0.25, 0.3) is 0 Å². The van der Waals surface area contributed by atoms with Crippen LogP contribution in [0.2, 0.25) is 0 Å².